The number of nitrogens with one attached hydrogen (secondary N) is 1. The zero-order valence-corrected chi connectivity index (χ0v) is 6.98. The molecule has 0 aromatic rings. The molecule has 1 saturated carbocycles. The lowest BCUT2D eigenvalue weighted by molar-refractivity contribution is 0.200. The highest BCUT2D eigenvalue weighted by Gasteiger charge is 2.30. The van der Waals surface area contributed by atoms with Crippen LogP contribution in [0.5, 0.6) is 0 Å². The van der Waals surface area contributed by atoms with Crippen molar-refractivity contribution in [2.24, 2.45) is 11.8 Å². The number of hydrogen-bond donors (Lipinski definition) is 1. The Bertz CT molecular complexity index is 127. The Balaban J connectivity index is 2.35. The molecule has 1 aliphatic carbocycles. The lowest BCUT2D eigenvalue weighted by Gasteiger charge is -2.37. The summed E-state index contributed by atoms with van der Waals surface area (Å²) in [6, 6.07) is 0. The SMILES string of the molecule is C=C(NC)C1CCC1CC. The first kappa shape index (κ1) is 7.64. The van der Waals surface area contributed by atoms with Gasteiger partial charge in [0.2, 0.25) is 0 Å². The lowest BCUT2D eigenvalue weighted by Crippen LogP contribution is -2.30. The summed E-state index contributed by atoms with van der Waals surface area (Å²) in [7, 11) is 1.97. The highest BCUT2D eigenvalue weighted by atomic mass is 14.8. The van der Waals surface area contributed by atoms with E-state index in [9.17, 15) is 0 Å². The molecule has 10 heavy (non-hydrogen) atoms. The van der Waals surface area contributed by atoms with Crippen molar-refractivity contribution in [3.8, 4) is 0 Å². The highest BCUT2D eigenvalue weighted by Crippen LogP contribution is 2.39. The fourth-order valence-corrected chi connectivity index (χ4v) is 1.70. The van der Waals surface area contributed by atoms with Gasteiger partial charge in [0.25, 0.3) is 0 Å². The molecule has 1 fully saturated rings. The third-order valence-corrected chi connectivity index (χ3v) is 2.71. The largest absolute Gasteiger partial charge is 0.392 e. The molecule has 1 heteroatoms. The molecule has 1 N–H and O–H groups in total. The van der Waals surface area contributed by atoms with E-state index in [2.05, 4.69) is 18.8 Å². The summed E-state index contributed by atoms with van der Waals surface area (Å²) in [5.41, 5.74) is 1.23. The second-order valence-corrected chi connectivity index (χ2v) is 3.13. The zero-order valence-electron chi connectivity index (χ0n) is 6.98. The summed E-state index contributed by atoms with van der Waals surface area (Å²) < 4.78 is 0. The van der Waals surface area contributed by atoms with Gasteiger partial charge in [-0.25, -0.2) is 0 Å². The molecule has 0 aliphatic heterocycles. The number of allylic oxidation sites excluding steroid dienone is 1. The summed E-state index contributed by atoms with van der Waals surface area (Å²) in [6.45, 7) is 6.25. The minimum Gasteiger partial charge on any atom is -0.392 e. The summed E-state index contributed by atoms with van der Waals surface area (Å²) in [6.07, 6.45) is 4.06. The molecule has 2 unspecified atom stereocenters. The molecule has 1 rings (SSSR count). The van der Waals surface area contributed by atoms with Gasteiger partial charge in [0, 0.05) is 18.7 Å². The summed E-state index contributed by atoms with van der Waals surface area (Å²) in [5.74, 6) is 1.69. The molecule has 0 aromatic heterocycles. The van der Waals surface area contributed by atoms with Gasteiger partial charge in [0.1, 0.15) is 0 Å². The number of hydrogen-bond acceptors (Lipinski definition) is 1. The summed E-state index contributed by atoms with van der Waals surface area (Å²) in [5, 5.41) is 3.14. The van der Waals surface area contributed by atoms with Gasteiger partial charge >= 0.3 is 0 Å². The van der Waals surface area contributed by atoms with E-state index in [1.807, 2.05) is 7.05 Å². The van der Waals surface area contributed by atoms with Crippen LogP contribution >= 0.6 is 0 Å². The van der Waals surface area contributed by atoms with Crippen molar-refractivity contribution in [3.05, 3.63) is 12.3 Å². The highest BCUT2D eigenvalue weighted by molar-refractivity contribution is 5.04. The van der Waals surface area contributed by atoms with E-state index in [0.717, 1.165) is 11.8 Å². The average Bonchev–Trinajstić information content (AvgIpc) is 1.86. The quantitative estimate of drug-likeness (QED) is 0.631. The predicted molar refractivity (Wildman–Crippen MR) is 44.7 cm³/mol. The van der Waals surface area contributed by atoms with Crippen LogP contribution in [0.3, 0.4) is 0 Å². The first-order chi connectivity index (χ1) is 4.79. The standard InChI is InChI=1S/C9H17N/c1-4-8-5-6-9(8)7(2)10-3/h8-10H,2,4-6H2,1,3H3. The van der Waals surface area contributed by atoms with Gasteiger partial charge in [0.15, 0.2) is 0 Å². The maximum atomic E-state index is 3.98. The third kappa shape index (κ3) is 1.18. The van der Waals surface area contributed by atoms with Crippen molar-refractivity contribution in [3.63, 3.8) is 0 Å². The Labute approximate surface area is 63.5 Å². The first-order valence-corrected chi connectivity index (χ1v) is 4.16. The fourth-order valence-electron chi connectivity index (χ4n) is 1.70. The molecule has 0 bridgehead atoms. The van der Waals surface area contributed by atoms with Crippen molar-refractivity contribution in [2.45, 2.75) is 26.2 Å². The van der Waals surface area contributed by atoms with E-state index in [0.29, 0.717) is 0 Å². The molecule has 1 nitrogen and oxygen atoms in total. The Morgan fingerprint density at radius 3 is 2.60 bits per heavy atom. The smallest absolute Gasteiger partial charge is 0.00653 e. The van der Waals surface area contributed by atoms with E-state index in [-0.39, 0.29) is 0 Å². The maximum absolute atomic E-state index is 3.98. The van der Waals surface area contributed by atoms with Gasteiger partial charge < -0.3 is 5.32 Å². The van der Waals surface area contributed by atoms with E-state index < -0.39 is 0 Å². The molecule has 0 spiro atoms. The van der Waals surface area contributed by atoms with Crippen LogP contribution in [0.15, 0.2) is 12.3 Å². The molecule has 0 saturated heterocycles. The van der Waals surface area contributed by atoms with Gasteiger partial charge in [-0.15, -0.1) is 0 Å². The fraction of sp³-hybridized carbons (Fsp3) is 0.778. The van der Waals surface area contributed by atoms with Gasteiger partial charge in [-0.3, -0.25) is 0 Å². The average molecular weight is 139 g/mol. The van der Waals surface area contributed by atoms with Crippen LogP contribution in [0.1, 0.15) is 26.2 Å². The van der Waals surface area contributed by atoms with E-state index in [1.54, 1.807) is 0 Å². The molecule has 2 atom stereocenters. The van der Waals surface area contributed by atoms with Crippen LogP contribution < -0.4 is 5.32 Å². The van der Waals surface area contributed by atoms with Crippen LogP contribution in [0, 0.1) is 11.8 Å². The maximum Gasteiger partial charge on any atom is 0.00653 e. The second-order valence-electron chi connectivity index (χ2n) is 3.13. The van der Waals surface area contributed by atoms with E-state index >= 15 is 0 Å². The van der Waals surface area contributed by atoms with Crippen LogP contribution in [0.4, 0.5) is 0 Å². The van der Waals surface area contributed by atoms with E-state index in [4.69, 9.17) is 0 Å². The van der Waals surface area contributed by atoms with Gasteiger partial charge in [-0.2, -0.15) is 0 Å². The minimum atomic E-state index is 0.773. The molecule has 0 aromatic carbocycles. The molecule has 0 heterocycles. The van der Waals surface area contributed by atoms with Crippen molar-refractivity contribution in [1.82, 2.24) is 5.32 Å². The minimum absolute atomic E-state index is 0.773. The van der Waals surface area contributed by atoms with Crippen molar-refractivity contribution >= 4 is 0 Å². The molecule has 0 amide bonds. The topological polar surface area (TPSA) is 12.0 Å². The van der Waals surface area contributed by atoms with Crippen LogP contribution in [0.25, 0.3) is 0 Å². The van der Waals surface area contributed by atoms with Crippen molar-refractivity contribution in [2.75, 3.05) is 7.05 Å². The molecule has 1 aliphatic rings. The molecule has 0 radical (unpaired) electrons. The molecular formula is C9H17N. The van der Waals surface area contributed by atoms with Gasteiger partial charge in [0.05, 0.1) is 0 Å². The Kier molecular flexibility index (Phi) is 2.36. The Hall–Kier alpha value is -0.460. The lowest BCUT2D eigenvalue weighted by atomic mass is 9.71. The van der Waals surface area contributed by atoms with Gasteiger partial charge in [-0.05, 0) is 18.8 Å². The van der Waals surface area contributed by atoms with Gasteiger partial charge in [-0.1, -0.05) is 19.9 Å². The second kappa shape index (κ2) is 3.09. The first-order valence-electron chi connectivity index (χ1n) is 4.16. The normalized spacial score (nSPS) is 31.0. The van der Waals surface area contributed by atoms with Crippen molar-refractivity contribution in [1.29, 1.82) is 0 Å². The Morgan fingerprint density at radius 2 is 2.30 bits per heavy atom. The monoisotopic (exact) mass is 139 g/mol. The molecular weight excluding hydrogens is 122 g/mol. The van der Waals surface area contributed by atoms with E-state index in [1.165, 1.54) is 25.0 Å². The summed E-state index contributed by atoms with van der Waals surface area (Å²) in [4.78, 5) is 0. The van der Waals surface area contributed by atoms with Crippen LogP contribution in [-0.2, 0) is 0 Å². The predicted octanol–water partition coefficient (Wildman–Crippen LogP) is 2.16. The van der Waals surface area contributed by atoms with Crippen molar-refractivity contribution < 1.29 is 0 Å². The molecule has 58 valence electrons. The van der Waals surface area contributed by atoms with Crippen LogP contribution in [-0.4, -0.2) is 7.05 Å². The number of rotatable bonds is 3. The third-order valence-electron chi connectivity index (χ3n) is 2.71. The van der Waals surface area contributed by atoms with Crippen LogP contribution in [0.2, 0.25) is 0 Å². The zero-order chi connectivity index (χ0) is 7.56. The Morgan fingerprint density at radius 1 is 1.60 bits per heavy atom. The summed E-state index contributed by atoms with van der Waals surface area (Å²) >= 11 is 0.